The van der Waals surface area contributed by atoms with E-state index in [9.17, 15) is 4.79 Å². The first-order chi connectivity index (χ1) is 10.2. The molecule has 1 aromatic carbocycles. The van der Waals surface area contributed by atoms with E-state index in [1.165, 1.54) is 5.56 Å². The number of amides is 1. The maximum absolute atomic E-state index is 12.2. The minimum Gasteiger partial charge on any atom is -0.348 e. The maximum atomic E-state index is 12.2. The van der Waals surface area contributed by atoms with Crippen LogP contribution in [0.15, 0.2) is 42.9 Å². The van der Waals surface area contributed by atoms with E-state index in [2.05, 4.69) is 41.2 Å². The molecule has 1 atom stereocenters. The first-order valence-corrected chi connectivity index (χ1v) is 7.48. The number of hydrogen-bond donors (Lipinski definition) is 1. The summed E-state index contributed by atoms with van der Waals surface area (Å²) in [5.41, 5.74) is 2.46. The number of likely N-dealkylation sites (tertiary alicyclic amines) is 1. The van der Waals surface area contributed by atoms with Gasteiger partial charge in [0.25, 0.3) is 0 Å². The highest BCUT2D eigenvalue weighted by atomic mass is 16.2. The fourth-order valence-corrected chi connectivity index (χ4v) is 3.09. The van der Waals surface area contributed by atoms with E-state index in [0.29, 0.717) is 6.42 Å². The number of piperidine rings is 1. The van der Waals surface area contributed by atoms with Gasteiger partial charge >= 0.3 is 0 Å². The second-order valence-corrected chi connectivity index (χ2v) is 6.07. The normalized spacial score (nSPS) is 22.5. The number of aromatic amines is 1. The summed E-state index contributed by atoms with van der Waals surface area (Å²) in [6, 6.07) is 10.5. The van der Waals surface area contributed by atoms with Gasteiger partial charge in [0.2, 0.25) is 5.91 Å². The second-order valence-electron chi connectivity index (χ2n) is 6.07. The lowest BCUT2D eigenvalue weighted by molar-refractivity contribution is -0.135. The lowest BCUT2D eigenvalue weighted by atomic mass is 9.75. The molecule has 2 aromatic rings. The molecule has 2 heterocycles. The van der Waals surface area contributed by atoms with Crippen LogP contribution in [0.4, 0.5) is 0 Å². The van der Waals surface area contributed by atoms with Crippen molar-refractivity contribution < 1.29 is 4.79 Å². The van der Waals surface area contributed by atoms with E-state index in [-0.39, 0.29) is 11.3 Å². The van der Waals surface area contributed by atoms with Gasteiger partial charge < -0.3 is 9.88 Å². The van der Waals surface area contributed by atoms with Crippen LogP contribution >= 0.6 is 0 Å². The van der Waals surface area contributed by atoms with Crippen molar-refractivity contribution in [3.63, 3.8) is 0 Å². The molecule has 1 aliphatic heterocycles. The Morgan fingerprint density at radius 2 is 2.14 bits per heavy atom. The Hall–Kier alpha value is -2.10. The number of rotatable bonds is 4. The zero-order valence-corrected chi connectivity index (χ0v) is 12.4. The lowest BCUT2D eigenvalue weighted by Gasteiger charge is -2.40. The Bertz CT molecular complexity index is 594. The van der Waals surface area contributed by atoms with E-state index in [4.69, 9.17) is 0 Å². The van der Waals surface area contributed by atoms with Crippen molar-refractivity contribution in [1.82, 2.24) is 14.9 Å². The monoisotopic (exact) mass is 283 g/mol. The molecule has 1 aromatic heterocycles. The summed E-state index contributed by atoms with van der Waals surface area (Å²) in [6.45, 7) is 3.81. The average molecular weight is 283 g/mol. The number of H-pyrrole nitrogens is 1. The molecule has 1 unspecified atom stereocenters. The minimum atomic E-state index is 0.0587. The number of imidazole rings is 1. The molecule has 1 saturated heterocycles. The Balaban J connectivity index is 1.71. The van der Waals surface area contributed by atoms with E-state index >= 15 is 0 Å². The number of hydrogen-bond acceptors (Lipinski definition) is 2. The summed E-state index contributed by atoms with van der Waals surface area (Å²) in [5.74, 6) is 0.267. The fourth-order valence-electron chi connectivity index (χ4n) is 3.09. The smallest absolute Gasteiger partial charge is 0.222 e. The summed E-state index contributed by atoms with van der Waals surface area (Å²) in [6.07, 6.45) is 5.90. The van der Waals surface area contributed by atoms with Crippen LogP contribution in [0, 0.1) is 0 Å². The molecule has 0 aliphatic carbocycles. The predicted molar refractivity (Wildman–Crippen MR) is 81.9 cm³/mol. The third-order valence-corrected chi connectivity index (χ3v) is 4.46. The SMILES string of the molecule is CC1(c2ccccc2)CCC(=O)N(CCc2cnc[nH]2)C1. The van der Waals surface area contributed by atoms with Gasteiger partial charge in [-0.1, -0.05) is 37.3 Å². The van der Waals surface area contributed by atoms with Crippen molar-refractivity contribution in [2.24, 2.45) is 0 Å². The fraction of sp³-hybridized carbons (Fsp3) is 0.412. The zero-order chi connectivity index (χ0) is 14.7. The van der Waals surface area contributed by atoms with Crippen LogP contribution in [0.1, 0.15) is 31.0 Å². The molecule has 0 spiro atoms. The second kappa shape index (κ2) is 5.72. The van der Waals surface area contributed by atoms with Crippen molar-refractivity contribution in [3.05, 3.63) is 54.1 Å². The molecular weight excluding hydrogens is 262 g/mol. The molecule has 1 fully saturated rings. The van der Waals surface area contributed by atoms with Gasteiger partial charge in [-0.3, -0.25) is 4.79 Å². The van der Waals surface area contributed by atoms with Crippen LogP contribution in [0.3, 0.4) is 0 Å². The molecule has 3 rings (SSSR count). The maximum Gasteiger partial charge on any atom is 0.222 e. The topological polar surface area (TPSA) is 49.0 Å². The van der Waals surface area contributed by atoms with Crippen molar-refractivity contribution in [2.45, 2.75) is 31.6 Å². The van der Waals surface area contributed by atoms with Crippen molar-refractivity contribution in [2.75, 3.05) is 13.1 Å². The van der Waals surface area contributed by atoms with Gasteiger partial charge in [-0.15, -0.1) is 0 Å². The predicted octanol–water partition coefficient (Wildman–Crippen LogP) is 2.53. The van der Waals surface area contributed by atoms with Crippen LogP contribution in [0.25, 0.3) is 0 Å². The molecule has 0 bridgehead atoms. The Morgan fingerprint density at radius 3 is 2.86 bits per heavy atom. The number of nitrogens with zero attached hydrogens (tertiary/aromatic N) is 2. The van der Waals surface area contributed by atoms with Gasteiger partial charge in [-0.2, -0.15) is 0 Å². The van der Waals surface area contributed by atoms with Crippen LogP contribution in [-0.4, -0.2) is 33.9 Å². The van der Waals surface area contributed by atoms with E-state index in [1.54, 1.807) is 6.33 Å². The van der Waals surface area contributed by atoms with E-state index in [1.807, 2.05) is 17.2 Å². The van der Waals surface area contributed by atoms with Crippen molar-refractivity contribution >= 4 is 5.91 Å². The minimum absolute atomic E-state index is 0.0587. The molecule has 21 heavy (non-hydrogen) atoms. The summed E-state index contributed by atoms with van der Waals surface area (Å²) >= 11 is 0. The Morgan fingerprint density at radius 1 is 1.33 bits per heavy atom. The van der Waals surface area contributed by atoms with Gasteiger partial charge in [0.15, 0.2) is 0 Å². The average Bonchev–Trinajstić information content (AvgIpc) is 3.03. The van der Waals surface area contributed by atoms with Crippen molar-refractivity contribution in [3.8, 4) is 0 Å². The molecule has 0 radical (unpaired) electrons. The van der Waals surface area contributed by atoms with Gasteiger partial charge in [0.1, 0.15) is 0 Å². The Labute approximate surface area is 125 Å². The standard InChI is InChI=1S/C17H21N3O/c1-17(14-5-3-2-4-6-14)9-7-16(21)20(12-17)10-8-15-11-18-13-19-15/h2-6,11,13H,7-10,12H2,1H3,(H,18,19). The largest absolute Gasteiger partial charge is 0.348 e. The molecule has 4 nitrogen and oxygen atoms in total. The Kier molecular flexibility index (Phi) is 3.78. The third-order valence-electron chi connectivity index (χ3n) is 4.46. The molecular formula is C17H21N3O. The number of benzene rings is 1. The van der Waals surface area contributed by atoms with Gasteiger partial charge in [0.05, 0.1) is 6.33 Å². The van der Waals surface area contributed by atoms with E-state index in [0.717, 1.165) is 31.6 Å². The van der Waals surface area contributed by atoms with Crippen LogP contribution in [0.2, 0.25) is 0 Å². The van der Waals surface area contributed by atoms with Gasteiger partial charge in [-0.05, 0) is 12.0 Å². The first kappa shape index (κ1) is 13.9. The summed E-state index contributed by atoms with van der Waals surface area (Å²) < 4.78 is 0. The molecule has 1 N–H and O–H groups in total. The highest BCUT2D eigenvalue weighted by molar-refractivity contribution is 5.77. The highest BCUT2D eigenvalue weighted by Gasteiger charge is 2.35. The van der Waals surface area contributed by atoms with Gasteiger partial charge in [0, 0.05) is 43.2 Å². The molecule has 1 amide bonds. The van der Waals surface area contributed by atoms with Gasteiger partial charge in [-0.25, -0.2) is 4.98 Å². The zero-order valence-electron chi connectivity index (χ0n) is 12.4. The quantitative estimate of drug-likeness (QED) is 0.937. The number of aromatic nitrogens is 2. The van der Waals surface area contributed by atoms with Crippen LogP contribution in [-0.2, 0) is 16.6 Å². The molecule has 110 valence electrons. The number of nitrogens with one attached hydrogen (secondary N) is 1. The third kappa shape index (κ3) is 2.99. The molecule has 1 aliphatic rings. The summed E-state index contributed by atoms with van der Waals surface area (Å²) in [7, 11) is 0. The first-order valence-electron chi connectivity index (χ1n) is 7.48. The number of carbonyl (C=O) groups is 1. The van der Waals surface area contributed by atoms with Crippen LogP contribution in [0.5, 0.6) is 0 Å². The van der Waals surface area contributed by atoms with Crippen LogP contribution < -0.4 is 0 Å². The van der Waals surface area contributed by atoms with Crippen molar-refractivity contribution in [1.29, 1.82) is 0 Å². The molecule has 0 saturated carbocycles. The number of carbonyl (C=O) groups excluding carboxylic acids is 1. The summed E-state index contributed by atoms with van der Waals surface area (Å²) in [4.78, 5) is 21.3. The van der Waals surface area contributed by atoms with E-state index < -0.39 is 0 Å². The lowest BCUT2D eigenvalue weighted by Crippen LogP contribution is -2.48. The highest BCUT2D eigenvalue weighted by Crippen LogP contribution is 2.34. The molecule has 4 heteroatoms. The summed E-state index contributed by atoms with van der Waals surface area (Å²) in [5, 5.41) is 0.